The molecule has 1 fully saturated rings. The van der Waals surface area contributed by atoms with Crippen LogP contribution in [0.4, 0.5) is 0 Å². The van der Waals surface area contributed by atoms with E-state index in [1.807, 2.05) is 12.1 Å². The molecular weight excluding hydrogens is 404 g/mol. The molecule has 0 amide bonds. The number of carbonyl (C=O) groups is 1. The number of esters is 1. The summed E-state index contributed by atoms with van der Waals surface area (Å²) in [6.07, 6.45) is 3.47. The number of likely N-dealkylation sites (tertiary alicyclic amines) is 1. The van der Waals surface area contributed by atoms with E-state index in [9.17, 15) is 4.79 Å². The SMILES string of the molecule is COC(COC(=O)c1ccc2nc[nH]c2c1)CN1CCC(c2cccc(Cl)n2)CC1. The van der Waals surface area contributed by atoms with Gasteiger partial charge in [-0.05, 0) is 56.3 Å². The summed E-state index contributed by atoms with van der Waals surface area (Å²) in [7, 11) is 1.65. The maximum atomic E-state index is 12.4. The molecule has 3 heterocycles. The van der Waals surface area contributed by atoms with Crippen molar-refractivity contribution < 1.29 is 14.3 Å². The van der Waals surface area contributed by atoms with Gasteiger partial charge in [0, 0.05) is 25.3 Å². The number of pyridine rings is 1. The molecule has 1 N–H and O–H groups in total. The lowest BCUT2D eigenvalue weighted by Crippen LogP contribution is -2.41. The number of rotatable bonds is 7. The van der Waals surface area contributed by atoms with Gasteiger partial charge in [-0.2, -0.15) is 0 Å². The van der Waals surface area contributed by atoms with Crippen molar-refractivity contribution in [2.45, 2.75) is 24.9 Å². The molecule has 30 heavy (non-hydrogen) atoms. The van der Waals surface area contributed by atoms with Gasteiger partial charge in [-0.15, -0.1) is 0 Å². The number of fused-ring (bicyclic) bond motifs is 1. The number of hydrogen-bond donors (Lipinski definition) is 1. The van der Waals surface area contributed by atoms with E-state index >= 15 is 0 Å². The first-order chi connectivity index (χ1) is 14.6. The maximum absolute atomic E-state index is 12.4. The predicted octanol–water partition coefficient (Wildman–Crippen LogP) is 3.66. The second-order valence-corrected chi connectivity index (χ2v) is 7.94. The summed E-state index contributed by atoms with van der Waals surface area (Å²) in [4.78, 5) is 26.4. The number of imidazole rings is 1. The van der Waals surface area contributed by atoms with E-state index in [2.05, 4.69) is 19.9 Å². The van der Waals surface area contributed by atoms with Crippen molar-refractivity contribution in [3.8, 4) is 0 Å². The van der Waals surface area contributed by atoms with E-state index in [0.717, 1.165) is 49.2 Å². The number of ether oxygens (including phenoxy) is 2. The van der Waals surface area contributed by atoms with Crippen molar-refractivity contribution >= 4 is 28.6 Å². The molecule has 1 atom stereocenters. The van der Waals surface area contributed by atoms with Gasteiger partial charge in [0.25, 0.3) is 0 Å². The number of H-pyrrole nitrogens is 1. The lowest BCUT2D eigenvalue weighted by Gasteiger charge is -2.33. The van der Waals surface area contributed by atoms with E-state index < -0.39 is 0 Å². The Morgan fingerprint density at radius 2 is 2.13 bits per heavy atom. The molecule has 7 nitrogen and oxygen atoms in total. The number of benzene rings is 1. The number of nitrogens with one attached hydrogen (secondary N) is 1. The quantitative estimate of drug-likeness (QED) is 0.457. The van der Waals surface area contributed by atoms with Gasteiger partial charge in [-0.1, -0.05) is 17.7 Å². The van der Waals surface area contributed by atoms with Crippen LogP contribution in [0, 0.1) is 0 Å². The lowest BCUT2D eigenvalue weighted by molar-refractivity contribution is -0.00542. The average Bonchev–Trinajstić information content (AvgIpc) is 3.24. The van der Waals surface area contributed by atoms with E-state index in [1.54, 1.807) is 37.7 Å². The maximum Gasteiger partial charge on any atom is 0.338 e. The Balaban J connectivity index is 1.26. The van der Waals surface area contributed by atoms with Crippen molar-refractivity contribution in [1.29, 1.82) is 0 Å². The average molecular weight is 429 g/mol. The fourth-order valence-electron chi connectivity index (χ4n) is 3.86. The zero-order chi connectivity index (χ0) is 20.9. The van der Waals surface area contributed by atoms with Crippen molar-refractivity contribution in [2.24, 2.45) is 0 Å². The number of nitrogens with zero attached hydrogens (tertiary/aromatic N) is 3. The highest BCUT2D eigenvalue weighted by Gasteiger charge is 2.24. The van der Waals surface area contributed by atoms with Crippen LogP contribution in [0.15, 0.2) is 42.7 Å². The minimum atomic E-state index is -0.362. The van der Waals surface area contributed by atoms with Crippen LogP contribution in [0.25, 0.3) is 11.0 Å². The van der Waals surface area contributed by atoms with Gasteiger partial charge in [-0.25, -0.2) is 14.8 Å². The summed E-state index contributed by atoms with van der Waals surface area (Å²) in [5.41, 5.74) is 3.19. The Morgan fingerprint density at radius 1 is 1.30 bits per heavy atom. The highest BCUT2D eigenvalue weighted by molar-refractivity contribution is 6.29. The van der Waals surface area contributed by atoms with Crippen LogP contribution in [0.5, 0.6) is 0 Å². The van der Waals surface area contributed by atoms with Gasteiger partial charge < -0.3 is 19.4 Å². The minimum Gasteiger partial charge on any atom is -0.459 e. The number of aromatic amines is 1. The number of aromatic nitrogens is 3. The summed E-state index contributed by atoms with van der Waals surface area (Å²) >= 11 is 6.02. The van der Waals surface area contributed by atoms with Crippen molar-refractivity contribution in [2.75, 3.05) is 33.4 Å². The summed E-state index contributed by atoms with van der Waals surface area (Å²) in [5, 5.41) is 0.544. The zero-order valence-corrected chi connectivity index (χ0v) is 17.6. The molecule has 8 heteroatoms. The van der Waals surface area contributed by atoms with Crippen molar-refractivity contribution in [3.05, 3.63) is 59.1 Å². The number of methoxy groups -OCH3 is 1. The molecule has 1 unspecified atom stereocenters. The number of carbonyl (C=O) groups excluding carboxylic acids is 1. The lowest BCUT2D eigenvalue weighted by atomic mass is 9.93. The molecule has 0 aliphatic carbocycles. The Bertz CT molecular complexity index is 1000. The summed E-state index contributed by atoms with van der Waals surface area (Å²) < 4.78 is 11.1. The van der Waals surface area contributed by atoms with Crippen LogP contribution in [0.3, 0.4) is 0 Å². The molecule has 1 aromatic carbocycles. The summed E-state index contributed by atoms with van der Waals surface area (Å²) in [5.74, 6) is 0.0652. The van der Waals surface area contributed by atoms with E-state index in [0.29, 0.717) is 16.6 Å². The monoisotopic (exact) mass is 428 g/mol. The molecule has 4 rings (SSSR count). The smallest absolute Gasteiger partial charge is 0.338 e. The standard InChI is InChI=1S/C22H25ClN4O3/c1-29-17(13-30-22(28)16-5-6-19-20(11-16)25-14-24-19)12-27-9-7-15(8-10-27)18-3-2-4-21(23)26-18/h2-6,11,14-15,17H,7-10,12-13H2,1H3,(H,24,25). The second-order valence-electron chi connectivity index (χ2n) is 7.55. The highest BCUT2D eigenvalue weighted by atomic mass is 35.5. The summed E-state index contributed by atoms with van der Waals surface area (Å²) in [6, 6.07) is 11.1. The van der Waals surface area contributed by atoms with Gasteiger partial charge in [0.15, 0.2) is 0 Å². The molecule has 1 aliphatic rings. The Kier molecular flexibility index (Phi) is 6.62. The largest absolute Gasteiger partial charge is 0.459 e. The Morgan fingerprint density at radius 3 is 2.90 bits per heavy atom. The molecule has 0 saturated carbocycles. The van der Waals surface area contributed by atoms with Gasteiger partial charge in [0.2, 0.25) is 0 Å². The molecule has 0 spiro atoms. The molecule has 0 radical (unpaired) electrons. The van der Waals surface area contributed by atoms with Gasteiger partial charge >= 0.3 is 5.97 Å². The first-order valence-corrected chi connectivity index (χ1v) is 10.5. The predicted molar refractivity (Wildman–Crippen MR) is 115 cm³/mol. The van der Waals surface area contributed by atoms with Crippen LogP contribution < -0.4 is 0 Å². The fraction of sp³-hybridized carbons (Fsp3) is 0.409. The minimum absolute atomic E-state index is 0.175. The van der Waals surface area contributed by atoms with Crippen LogP contribution >= 0.6 is 11.6 Å². The number of piperidine rings is 1. The molecular formula is C22H25ClN4O3. The summed E-state index contributed by atoms with van der Waals surface area (Å²) in [6.45, 7) is 2.83. The first-order valence-electron chi connectivity index (χ1n) is 10.1. The van der Waals surface area contributed by atoms with E-state index in [4.69, 9.17) is 21.1 Å². The molecule has 1 saturated heterocycles. The third-order valence-corrected chi connectivity index (χ3v) is 5.80. The molecule has 3 aromatic rings. The second kappa shape index (κ2) is 9.55. The normalized spacial score (nSPS) is 16.6. The highest BCUT2D eigenvalue weighted by Crippen LogP contribution is 2.27. The van der Waals surface area contributed by atoms with Crippen molar-refractivity contribution in [1.82, 2.24) is 19.9 Å². The van der Waals surface area contributed by atoms with Crippen LogP contribution in [0.1, 0.15) is 34.8 Å². The van der Waals surface area contributed by atoms with Gasteiger partial charge in [0.1, 0.15) is 17.9 Å². The number of halogens is 1. The van der Waals surface area contributed by atoms with Gasteiger partial charge in [0.05, 0.1) is 22.9 Å². The van der Waals surface area contributed by atoms with Crippen molar-refractivity contribution in [3.63, 3.8) is 0 Å². The van der Waals surface area contributed by atoms with E-state index in [1.165, 1.54) is 0 Å². The Labute approximate surface area is 180 Å². The van der Waals surface area contributed by atoms with Crippen LogP contribution in [-0.4, -0.2) is 65.3 Å². The molecule has 1 aliphatic heterocycles. The third-order valence-electron chi connectivity index (χ3n) is 5.59. The fourth-order valence-corrected chi connectivity index (χ4v) is 4.03. The van der Waals surface area contributed by atoms with Gasteiger partial charge in [-0.3, -0.25) is 0 Å². The van der Waals surface area contributed by atoms with Crippen LogP contribution in [0.2, 0.25) is 5.15 Å². The molecule has 2 aromatic heterocycles. The third kappa shape index (κ3) is 4.98. The zero-order valence-electron chi connectivity index (χ0n) is 16.9. The first kappa shape index (κ1) is 20.8. The Hall–Kier alpha value is -2.48. The van der Waals surface area contributed by atoms with E-state index in [-0.39, 0.29) is 18.7 Å². The van der Waals surface area contributed by atoms with Crippen LogP contribution in [-0.2, 0) is 9.47 Å². The molecule has 158 valence electrons. The topological polar surface area (TPSA) is 80.3 Å². The molecule has 0 bridgehead atoms. The number of hydrogen-bond acceptors (Lipinski definition) is 6.